The van der Waals surface area contributed by atoms with Gasteiger partial charge in [0.2, 0.25) is 0 Å². The van der Waals surface area contributed by atoms with Crippen molar-refractivity contribution >= 4 is 0 Å². The fourth-order valence-corrected chi connectivity index (χ4v) is 0. The first kappa shape index (κ1) is 24.5. The zero-order valence-corrected chi connectivity index (χ0v) is 11.8. The van der Waals surface area contributed by atoms with Crippen LogP contribution in [0.4, 0.5) is 0 Å². The molecule has 5 nitrogen and oxygen atoms in total. The Hall–Kier alpha value is 0.224. The number of rotatable bonds is 0. The van der Waals surface area contributed by atoms with E-state index in [9.17, 15) is 0 Å². The van der Waals surface area contributed by atoms with Crippen LogP contribution >= 0.6 is 0 Å². The van der Waals surface area contributed by atoms with E-state index in [1.165, 1.54) is 0 Å². The first-order valence-corrected chi connectivity index (χ1v) is 5.82. The quantitative estimate of drug-likeness (QED) is 0.510. The Kier molecular flexibility index (Phi) is 38.8. The number of aliphatic hydroxyl groups is 3. The maximum absolute atomic E-state index is 8.58. The van der Waals surface area contributed by atoms with Gasteiger partial charge in [0, 0.05) is 18.3 Å². The predicted octanol–water partition coefficient (Wildman–Crippen LogP) is 0.483. The SMILES string of the molecule is CC(C)O.CC(C)O.CC(C)O.[O]=[V][OH]. The van der Waals surface area contributed by atoms with Crippen molar-refractivity contribution in [3.8, 4) is 0 Å². The van der Waals surface area contributed by atoms with Gasteiger partial charge in [-0.3, -0.25) is 0 Å². The van der Waals surface area contributed by atoms with E-state index in [1.807, 2.05) is 0 Å². The second-order valence-electron chi connectivity index (χ2n) is 3.36. The van der Waals surface area contributed by atoms with Crippen LogP contribution in [0.3, 0.4) is 0 Å². The van der Waals surface area contributed by atoms with Crippen LogP contribution in [-0.2, 0) is 20.3 Å². The van der Waals surface area contributed by atoms with Crippen LogP contribution in [0.1, 0.15) is 41.5 Å². The second-order valence-corrected chi connectivity index (χ2v) is 3.62. The number of hydrogen-bond acceptors (Lipinski definition) is 4. The molecular weight excluding hydrogens is 239 g/mol. The summed E-state index contributed by atoms with van der Waals surface area (Å²) in [4.78, 5) is 0. The third-order valence-electron chi connectivity index (χ3n) is 0. The summed E-state index contributed by atoms with van der Waals surface area (Å²) < 4.78 is 15.7. The van der Waals surface area contributed by atoms with Crippen LogP contribution in [0.25, 0.3) is 0 Å². The Morgan fingerprint density at radius 2 is 0.733 bits per heavy atom. The molecule has 0 rings (SSSR count). The van der Waals surface area contributed by atoms with E-state index < -0.39 is 16.6 Å². The van der Waals surface area contributed by atoms with E-state index in [0.29, 0.717) is 0 Å². The van der Waals surface area contributed by atoms with E-state index in [4.69, 9.17) is 23.0 Å². The minimum absolute atomic E-state index is 0.167. The molecule has 0 amide bonds. The van der Waals surface area contributed by atoms with Crippen molar-refractivity contribution in [2.24, 2.45) is 0 Å². The van der Waals surface area contributed by atoms with Crippen molar-refractivity contribution in [1.82, 2.24) is 0 Å². The summed E-state index contributed by atoms with van der Waals surface area (Å²) in [5.41, 5.74) is 0. The zero-order chi connectivity index (χ0) is 13.4. The average Bonchev–Trinajstić information content (AvgIpc) is 1.81. The number of aliphatic hydroxyl groups excluding tert-OH is 3. The van der Waals surface area contributed by atoms with Crippen molar-refractivity contribution in [1.29, 1.82) is 0 Å². The Labute approximate surface area is 99.8 Å². The van der Waals surface area contributed by atoms with Gasteiger partial charge in [0.15, 0.2) is 0 Å². The molecule has 96 valence electrons. The van der Waals surface area contributed by atoms with Crippen LogP contribution in [0.15, 0.2) is 0 Å². The Morgan fingerprint density at radius 1 is 0.733 bits per heavy atom. The molecule has 0 aromatic heterocycles. The summed E-state index contributed by atoms with van der Waals surface area (Å²) in [6.07, 6.45) is -0.500. The van der Waals surface area contributed by atoms with Gasteiger partial charge in [0.05, 0.1) is 0 Å². The second kappa shape index (κ2) is 23.8. The third-order valence-corrected chi connectivity index (χ3v) is 0. The zero-order valence-electron chi connectivity index (χ0n) is 10.4. The summed E-state index contributed by atoms with van der Waals surface area (Å²) in [6, 6.07) is 0. The summed E-state index contributed by atoms with van der Waals surface area (Å²) in [5.74, 6) is 0. The van der Waals surface area contributed by atoms with Gasteiger partial charge in [-0.15, -0.1) is 0 Å². The molecule has 0 aromatic rings. The first-order valence-electron chi connectivity index (χ1n) is 4.62. The van der Waals surface area contributed by atoms with Crippen molar-refractivity contribution in [2.45, 2.75) is 59.9 Å². The van der Waals surface area contributed by atoms with Crippen LogP contribution in [0.2, 0.25) is 0 Å². The van der Waals surface area contributed by atoms with Gasteiger partial charge in [0.1, 0.15) is 0 Å². The molecular formula is C9H25O5V. The van der Waals surface area contributed by atoms with Gasteiger partial charge in [-0.25, -0.2) is 0 Å². The predicted molar refractivity (Wildman–Crippen MR) is 55.0 cm³/mol. The molecule has 0 unspecified atom stereocenters. The van der Waals surface area contributed by atoms with Crippen molar-refractivity contribution in [3.05, 3.63) is 0 Å². The molecule has 4 N–H and O–H groups in total. The number of hydrogen-bond donors (Lipinski definition) is 4. The molecule has 0 aliphatic rings. The van der Waals surface area contributed by atoms with E-state index in [1.54, 1.807) is 41.5 Å². The van der Waals surface area contributed by atoms with Crippen LogP contribution in [0, 0.1) is 0 Å². The maximum atomic E-state index is 8.58. The van der Waals surface area contributed by atoms with E-state index in [2.05, 4.69) is 0 Å². The van der Waals surface area contributed by atoms with Crippen LogP contribution < -0.4 is 0 Å². The van der Waals surface area contributed by atoms with Gasteiger partial charge in [-0.2, -0.15) is 0 Å². The topological polar surface area (TPSA) is 98.0 Å². The molecule has 0 aliphatic heterocycles. The van der Waals surface area contributed by atoms with Crippen molar-refractivity contribution in [2.75, 3.05) is 0 Å². The van der Waals surface area contributed by atoms with E-state index in [0.717, 1.165) is 0 Å². The van der Waals surface area contributed by atoms with Gasteiger partial charge in [-0.1, -0.05) is 0 Å². The van der Waals surface area contributed by atoms with Crippen LogP contribution in [0.5, 0.6) is 0 Å². The minimum atomic E-state index is -1.56. The molecule has 0 aromatic carbocycles. The molecule has 6 heteroatoms. The monoisotopic (exact) mass is 264 g/mol. The summed E-state index contributed by atoms with van der Waals surface area (Å²) >= 11 is -1.56. The molecule has 0 radical (unpaired) electrons. The summed E-state index contributed by atoms with van der Waals surface area (Å²) in [5, 5.41) is 24.2. The fourth-order valence-electron chi connectivity index (χ4n) is 0. The third kappa shape index (κ3) is 42200. The fraction of sp³-hybridized carbons (Fsp3) is 1.00. The van der Waals surface area contributed by atoms with Crippen molar-refractivity contribution < 1.29 is 39.6 Å². The van der Waals surface area contributed by atoms with Gasteiger partial charge >= 0.3 is 24.3 Å². The standard InChI is InChI=1S/3C3H8O.H2O.O.V/c3*1-3(2)4;;;/h3*3-4H,1-2H3;1H2;;/q;;;;;+1/p-1. The molecule has 0 saturated heterocycles. The molecule has 0 spiro atoms. The molecule has 0 heterocycles. The van der Waals surface area contributed by atoms with E-state index in [-0.39, 0.29) is 18.3 Å². The Morgan fingerprint density at radius 3 is 0.733 bits per heavy atom. The van der Waals surface area contributed by atoms with E-state index >= 15 is 0 Å². The normalized spacial score (nSPS) is 8.07. The Bertz CT molecular complexity index is 74.0. The first-order chi connectivity index (χ1) is 6.61. The van der Waals surface area contributed by atoms with Crippen LogP contribution in [-0.4, -0.2) is 37.7 Å². The molecule has 0 bridgehead atoms. The molecule has 0 atom stereocenters. The van der Waals surface area contributed by atoms with Crippen molar-refractivity contribution in [3.63, 3.8) is 0 Å². The molecule has 0 fully saturated rings. The van der Waals surface area contributed by atoms with Gasteiger partial charge < -0.3 is 15.3 Å². The Balaban J connectivity index is -0.0000000542. The van der Waals surface area contributed by atoms with Gasteiger partial charge in [-0.05, 0) is 41.5 Å². The molecule has 0 aliphatic carbocycles. The average molecular weight is 264 g/mol. The summed E-state index contributed by atoms with van der Waals surface area (Å²) in [6.45, 7) is 10.3. The molecule has 15 heavy (non-hydrogen) atoms. The molecule has 0 saturated carbocycles. The van der Waals surface area contributed by atoms with Gasteiger partial charge in [0.25, 0.3) is 0 Å². The summed E-state index contributed by atoms with van der Waals surface area (Å²) in [7, 11) is 0.